The summed E-state index contributed by atoms with van der Waals surface area (Å²) in [6, 6.07) is 8.18. The highest BCUT2D eigenvalue weighted by molar-refractivity contribution is 5.76. The summed E-state index contributed by atoms with van der Waals surface area (Å²) in [6.45, 7) is 6.85. The van der Waals surface area contributed by atoms with E-state index in [1.807, 2.05) is 32.0 Å². The summed E-state index contributed by atoms with van der Waals surface area (Å²) >= 11 is 0. The molecule has 134 valence electrons. The lowest BCUT2D eigenvalue weighted by atomic mass is 10.1. The van der Waals surface area contributed by atoms with Crippen LogP contribution in [-0.2, 0) is 12.1 Å². The third kappa shape index (κ3) is 5.34. The van der Waals surface area contributed by atoms with Crippen LogP contribution in [0.3, 0.4) is 0 Å². The van der Waals surface area contributed by atoms with Gasteiger partial charge >= 0.3 is 0 Å². The van der Waals surface area contributed by atoms with Gasteiger partial charge in [0.2, 0.25) is 0 Å². The smallest absolute Gasteiger partial charge is 0.141 e. The number of hydrogen-bond acceptors (Lipinski definition) is 2. The fourth-order valence-corrected chi connectivity index (χ4v) is 3.35. The number of fused-ring (bicyclic) bond motifs is 1. The molecular weight excluding hydrogens is 296 g/mol. The van der Waals surface area contributed by atoms with Gasteiger partial charge < -0.3 is 9.67 Å². The maximum Gasteiger partial charge on any atom is 0.141 e. The van der Waals surface area contributed by atoms with Crippen LogP contribution in [0, 0.1) is 0 Å². The predicted molar refractivity (Wildman–Crippen MR) is 102 cm³/mol. The Balaban J connectivity index is 1.84. The number of hydrogen-bond donors (Lipinski definition) is 1. The molecule has 1 N–H and O–H groups in total. The van der Waals surface area contributed by atoms with Crippen LogP contribution in [0.1, 0.15) is 84.4 Å². The molecule has 3 heteroatoms. The molecule has 0 atom stereocenters. The standard InChI is InChI=1S/C21H34N2O/c1-4-5-6-7-8-9-10-11-14-17-23-19-16-13-12-15-18(19)22-20(23)21(2,3)24/h12-13,15-16,24H,4-11,14,17H2,1-3H3. The molecule has 0 unspecified atom stereocenters. The van der Waals surface area contributed by atoms with Crippen LogP contribution < -0.4 is 0 Å². The van der Waals surface area contributed by atoms with Gasteiger partial charge in [-0.1, -0.05) is 70.4 Å². The molecule has 1 aromatic heterocycles. The van der Waals surface area contributed by atoms with Crippen LogP contribution in [-0.4, -0.2) is 14.7 Å². The molecule has 0 radical (unpaired) electrons. The van der Waals surface area contributed by atoms with Gasteiger partial charge in [-0.2, -0.15) is 0 Å². The summed E-state index contributed by atoms with van der Waals surface area (Å²) in [5.41, 5.74) is 1.21. The molecule has 2 aromatic rings. The normalized spacial score (nSPS) is 12.2. The molecule has 0 aliphatic heterocycles. The Morgan fingerprint density at radius 3 is 2.12 bits per heavy atom. The second-order valence-electron chi connectivity index (χ2n) is 7.46. The van der Waals surface area contributed by atoms with Crippen LogP contribution in [0.5, 0.6) is 0 Å². The van der Waals surface area contributed by atoms with Crippen LogP contribution in [0.15, 0.2) is 24.3 Å². The molecule has 0 fully saturated rings. The molecule has 2 rings (SSSR count). The van der Waals surface area contributed by atoms with Gasteiger partial charge in [-0.25, -0.2) is 4.98 Å². The van der Waals surface area contributed by atoms with E-state index in [2.05, 4.69) is 22.5 Å². The average Bonchev–Trinajstić information content (AvgIpc) is 2.92. The molecule has 0 saturated heterocycles. The summed E-state index contributed by atoms with van der Waals surface area (Å²) in [7, 11) is 0. The van der Waals surface area contributed by atoms with Crippen molar-refractivity contribution in [1.29, 1.82) is 0 Å². The Kier molecular flexibility index (Phi) is 7.29. The lowest BCUT2D eigenvalue weighted by molar-refractivity contribution is 0.0651. The molecule has 1 heterocycles. The highest BCUT2D eigenvalue weighted by Gasteiger charge is 2.24. The molecule has 1 aromatic carbocycles. The highest BCUT2D eigenvalue weighted by Crippen LogP contribution is 2.25. The number of benzene rings is 1. The third-order valence-electron chi connectivity index (χ3n) is 4.69. The van der Waals surface area contributed by atoms with Crippen molar-refractivity contribution < 1.29 is 5.11 Å². The lowest BCUT2D eigenvalue weighted by Gasteiger charge is -2.19. The zero-order chi connectivity index (χ0) is 17.4. The Morgan fingerprint density at radius 2 is 1.50 bits per heavy atom. The number of imidazole rings is 1. The van der Waals surface area contributed by atoms with Crippen LogP contribution in [0.2, 0.25) is 0 Å². The van der Waals surface area contributed by atoms with E-state index in [9.17, 15) is 5.11 Å². The molecule has 0 saturated carbocycles. The van der Waals surface area contributed by atoms with E-state index in [0.29, 0.717) is 0 Å². The molecule has 24 heavy (non-hydrogen) atoms. The van der Waals surface area contributed by atoms with E-state index in [4.69, 9.17) is 0 Å². The number of para-hydroxylation sites is 2. The Morgan fingerprint density at radius 1 is 0.917 bits per heavy atom. The lowest BCUT2D eigenvalue weighted by Crippen LogP contribution is -2.22. The van der Waals surface area contributed by atoms with E-state index >= 15 is 0 Å². The first kappa shape index (κ1) is 19.0. The number of unbranched alkanes of at least 4 members (excludes halogenated alkanes) is 8. The van der Waals surface area contributed by atoms with Crippen molar-refractivity contribution in [3.63, 3.8) is 0 Å². The number of aryl methyl sites for hydroxylation is 1. The first-order valence-electron chi connectivity index (χ1n) is 9.72. The molecule has 0 aliphatic carbocycles. The van der Waals surface area contributed by atoms with Crippen molar-refractivity contribution >= 4 is 11.0 Å². The summed E-state index contributed by atoms with van der Waals surface area (Å²) in [4.78, 5) is 4.65. The molecule has 0 aliphatic rings. The van der Waals surface area contributed by atoms with Gasteiger partial charge in [-0.3, -0.25) is 0 Å². The van der Waals surface area contributed by atoms with E-state index in [0.717, 1.165) is 29.8 Å². The monoisotopic (exact) mass is 330 g/mol. The molecule has 0 amide bonds. The largest absolute Gasteiger partial charge is 0.383 e. The van der Waals surface area contributed by atoms with Gasteiger partial charge in [0.05, 0.1) is 11.0 Å². The summed E-state index contributed by atoms with van der Waals surface area (Å²) in [6.07, 6.45) is 11.9. The SMILES string of the molecule is CCCCCCCCCCCn1c(C(C)(C)O)nc2ccccc21. The molecule has 0 spiro atoms. The van der Waals surface area contributed by atoms with E-state index in [1.54, 1.807) is 0 Å². The second-order valence-corrected chi connectivity index (χ2v) is 7.46. The van der Waals surface area contributed by atoms with Gasteiger partial charge in [-0.05, 0) is 32.4 Å². The minimum atomic E-state index is -0.904. The van der Waals surface area contributed by atoms with Crippen molar-refractivity contribution in [2.24, 2.45) is 0 Å². The fraction of sp³-hybridized carbons (Fsp3) is 0.667. The number of nitrogens with zero attached hydrogens (tertiary/aromatic N) is 2. The van der Waals surface area contributed by atoms with Gasteiger partial charge in [0.1, 0.15) is 11.4 Å². The van der Waals surface area contributed by atoms with Crippen LogP contribution >= 0.6 is 0 Å². The van der Waals surface area contributed by atoms with Gasteiger partial charge in [0, 0.05) is 6.54 Å². The van der Waals surface area contributed by atoms with E-state index < -0.39 is 5.60 Å². The van der Waals surface area contributed by atoms with Gasteiger partial charge in [0.25, 0.3) is 0 Å². The topological polar surface area (TPSA) is 38.0 Å². The van der Waals surface area contributed by atoms with Crippen molar-refractivity contribution in [2.45, 2.75) is 90.7 Å². The molecule has 3 nitrogen and oxygen atoms in total. The van der Waals surface area contributed by atoms with Crippen LogP contribution in [0.25, 0.3) is 11.0 Å². The number of aromatic nitrogens is 2. The maximum atomic E-state index is 10.4. The Hall–Kier alpha value is -1.35. The fourth-order valence-electron chi connectivity index (χ4n) is 3.35. The average molecular weight is 331 g/mol. The van der Waals surface area contributed by atoms with Crippen molar-refractivity contribution in [2.75, 3.05) is 0 Å². The van der Waals surface area contributed by atoms with E-state index in [1.165, 1.54) is 51.4 Å². The Labute approximate surface area is 147 Å². The quantitative estimate of drug-likeness (QED) is 0.529. The summed E-state index contributed by atoms with van der Waals surface area (Å²) in [5.74, 6) is 0.781. The van der Waals surface area contributed by atoms with Crippen molar-refractivity contribution in [3.8, 4) is 0 Å². The minimum Gasteiger partial charge on any atom is -0.383 e. The maximum absolute atomic E-state index is 10.4. The van der Waals surface area contributed by atoms with Gasteiger partial charge in [0.15, 0.2) is 0 Å². The second kappa shape index (κ2) is 9.22. The third-order valence-corrected chi connectivity index (χ3v) is 4.69. The van der Waals surface area contributed by atoms with Crippen molar-refractivity contribution in [3.05, 3.63) is 30.1 Å². The van der Waals surface area contributed by atoms with Gasteiger partial charge in [-0.15, -0.1) is 0 Å². The highest BCUT2D eigenvalue weighted by atomic mass is 16.3. The summed E-state index contributed by atoms with van der Waals surface area (Å²) < 4.78 is 2.20. The zero-order valence-electron chi connectivity index (χ0n) is 15.7. The summed E-state index contributed by atoms with van der Waals surface area (Å²) in [5, 5.41) is 10.4. The zero-order valence-corrected chi connectivity index (χ0v) is 15.7. The minimum absolute atomic E-state index is 0.781. The van der Waals surface area contributed by atoms with Crippen LogP contribution in [0.4, 0.5) is 0 Å². The van der Waals surface area contributed by atoms with Crippen molar-refractivity contribution in [1.82, 2.24) is 9.55 Å². The number of rotatable bonds is 11. The van der Waals surface area contributed by atoms with E-state index in [-0.39, 0.29) is 0 Å². The Bertz CT molecular complexity index is 610. The molecule has 0 bridgehead atoms. The molecular formula is C21H34N2O. The number of aliphatic hydroxyl groups is 1. The first-order chi connectivity index (χ1) is 11.5. The predicted octanol–water partition coefficient (Wildman–Crippen LogP) is 5.79. The first-order valence-corrected chi connectivity index (χ1v) is 9.72.